The quantitative estimate of drug-likeness (QED) is 0.119. The van der Waals surface area contributed by atoms with E-state index in [2.05, 4.69) is 0 Å². The topological polar surface area (TPSA) is 229 Å². The second-order valence-electron chi connectivity index (χ2n) is 14.1. The molecule has 4 aromatic rings. The minimum Gasteiger partial charge on any atom is -0.744 e. The van der Waals surface area contributed by atoms with Crippen LogP contribution in [0.15, 0.2) is 117 Å². The molecule has 4 bridgehead atoms. The van der Waals surface area contributed by atoms with Gasteiger partial charge in [0.25, 0.3) is 0 Å². The SMILES string of the molecule is O=S(=O)([O-])c1ccc(C23CC4(c5ccc(S(=O)(=O)[O-])cc5)CC(c5ccc(S(=O)(=O)[O-])cc5)(C2)CC(c2ccc(S(=O)(=O)[O-])cc2)(C3)C4)cc1.[Na+].[Na+].[Na+].[Na+]. The van der Waals surface area contributed by atoms with Crippen molar-refractivity contribution >= 4 is 40.5 Å². The van der Waals surface area contributed by atoms with Gasteiger partial charge in [-0.2, -0.15) is 0 Å². The monoisotopic (exact) mass is 848 g/mol. The van der Waals surface area contributed by atoms with Crippen molar-refractivity contribution in [1.29, 1.82) is 0 Å². The standard InChI is InChI=1S/C34H32O12S4.4Na/c35-47(36,37)27-9-1-23(2-10-27)31-17-32(24-3-11-28(12-4-24)48(38,39)40)20-33(18-31,25-5-13-29(14-6-25)49(41,42)43)22-34(19-31,21-32)26-7-15-30(16-8-26)50(44,45)46;;;;/h1-16H,17-22H2,(H,35,36,37)(H,38,39,40)(H,41,42,43)(H,44,45,46);;;;/q;4*+1/p-4. The Morgan fingerprint density at radius 2 is 0.426 bits per heavy atom. The first-order valence-electron chi connectivity index (χ1n) is 15.3. The van der Waals surface area contributed by atoms with Gasteiger partial charge in [0.1, 0.15) is 40.5 Å². The average Bonchev–Trinajstić information content (AvgIpc) is 3.03. The Bertz CT molecular complexity index is 2090. The Hall–Kier alpha value is 0.520. The molecule has 0 radical (unpaired) electrons. The summed E-state index contributed by atoms with van der Waals surface area (Å²) in [4.78, 5) is -1.65. The molecule has 0 N–H and O–H groups in total. The molecule has 0 spiro atoms. The van der Waals surface area contributed by atoms with Crippen LogP contribution in [0.2, 0.25) is 0 Å². The van der Waals surface area contributed by atoms with Gasteiger partial charge in [0.05, 0.1) is 19.6 Å². The normalized spacial score (nSPS) is 26.0. The van der Waals surface area contributed by atoms with Gasteiger partial charge in [-0.3, -0.25) is 0 Å². The van der Waals surface area contributed by atoms with Crippen molar-refractivity contribution in [2.24, 2.45) is 0 Å². The van der Waals surface area contributed by atoms with Gasteiger partial charge in [-0.05, 0) is 131 Å². The van der Waals surface area contributed by atoms with Crippen LogP contribution in [-0.2, 0) is 62.1 Å². The number of rotatable bonds is 8. The van der Waals surface area contributed by atoms with E-state index in [9.17, 15) is 51.9 Å². The van der Waals surface area contributed by atoms with E-state index in [0.29, 0.717) is 38.5 Å². The van der Waals surface area contributed by atoms with Crippen LogP contribution in [0.4, 0.5) is 0 Å². The van der Waals surface area contributed by atoms with Crippen molar-refractivity contribution in [3.05, 3.63) is 119 Å². The zero-order chi connectivity index (χ0) is 36.2. The first-order valence-corrected chi connectivity index (χ1v) is 21.0. The largest absolute Gasteiger partial charge is 1.00 e. The molecule has 20 heteroatoms. The Labute approximate surface area is 403 Å². The van der Waals surface area contributed by atoms with Crippen LogP contribution in [0.3, 0.4) is 0 Å². The van der Waals surface area contributed by atoms with Gasteiger partial charge in [0, 0.05) is 0 Å². The molecule has 8 rings (SSSR count). The third-order valence-corrected chi connectivity index (χ3v) is 14.5. The molecule has 12 nitrogen and oxygen atoms in total. The van der Waals surface area contributed by atoms with Crippen LogP contribution in [0.5, 0.6) is 0 Å². The summed E-state index contributed by atoms with van der Waals surface area (Å²) >= 11 is 0. The second-order valence-corrected chi connectivity index (χ2v) is 19.6. The van der Waals surface area contributed by atoms with Crippen LogP contribution < -0.4 is 118 Å². The summed E-state index contributed by atoms with van der Waals surface area (Å²) in [6.45, 7) is 0. The maximum Gasteiger partial charge on any atom is 1.00 e. The molecule has 4 aromatic carbocycles. The van der Waals surface area contributed by atoms with Gasteiger partial charge in [0.15, 0.2) is 0 Å². The average molecular weight is 849 g/mol. The van der Waals surface area contributed by atoms with Crippen molar-refractivity contribution in [3.8, 4) is 0 Å². The van der Waals surface area contributed by atoms with Crippen LogP contribution in [0.1, 0.15) is 60.8 Å². The molecule has 0 aliphatic heterocycles. The Morgan fingerprint density at radius 3 is 0.537 bits per heavy atom. The minimum atomic E-state index is -4.76. The van der Waals surface area contributed by atoms with Crippen molar-refractivity contribution in [2.45, 2.75) is 79.8 Å². The summed E-state index contributed by atoms with van der Waals surface area (Å²) in [5, 5.41) is 0. The summed E-state index contributed by atoms with van der Waals surface area (Å²) < 4.78 is 142. The van der Waals surface area contributed by atoms with E-state index >= 15 is 0 Å². The fourth-order valence-electron chi connectivity index (χ4n) is 9.76. The van der Waals surface area contributed by atoms with Crippen LogP contribution in [-0.4, -0.2) is 51.9 Å². The van der Waals surface area contributed by atoms with E-state index in [0.717, 1.165) is 22.3 Å². The molecule has 0 aromatic heterocycles. The van der Waals surface area contributed by atoms with Crippen molar-refractivity contribution in [2.75, 3.05) is 0 Å². The van der Waals surface area contributed by atoms with Gasteiger partial charge < -0.3 is 18.2 Å². The summed E-state index contributed by atoms with van der Waals surface area (Å²) in [6, 6.07) is 22.8. The van der Waals surface area contributed by atoms with E-state index in [1.165, 1.54) is 48.5 Å². The van der Waals surface area contributed by atoms with Gasteiger partial charge in [-0.25, -0.2) is 33.7 Å². The van der Waals surface area contributed by atoms with E-state index in [-0.39, 0.29) is 118 Å². The van der Waals surface area contributed by atoms with Crippen LogP contribution >= 0.6 is 0 Å². The molecule has 0 amide bonds. The maximum atomic E-state index is 11.8. The maximum absolute atomic E-state index is 11.8. The summed E-state index contributed by atoms with van der Waals surface area (Å²) in [5.74, 6) is 0. The fraction of sp³-hybridized carbons (Fsp3) is 0.294. The summed E-state index contributed by atoms with van der Waals surface area (Å²) in [6.07, 6.45) is 2.90. The molecule has 0 heterocycles. The Balaban J connectivity index is 0.00000196. The summed E-state index contributed by atoms with van der Waals surface area (Å²) in [7, 11) is -19.1. The minimum absolute atomic E-state index is 0. The van der Waals surface area contributed by atoms with Crippen molar-refractivity contribution in [3.63, 3.8) is 0 Å². The fourth-order valence-corrected chi connectivity index (χ4v) is 11.6. The van der Waals surface area contributed by atoms with Crippen LogP contribution in [0, 0.1) is 0 Å². The van der Waals surface area contributed by atoms with E-state index in [4.69, 9.17) is 0 Å². The first-order chi connectivity index (χ1) is 23.1. The number of hydrogen-bond donors (Lipinski definition) is 0. The molecule has 4 aliphatic rings. The van der Waals surface area contributed by atoms with Crippen LogP contribution in [0.25, 0.3) is 0 Å². The van der Waals surface area contributed by atoms with Gasteiger partial charge >= 0.3 is 118 Å². The number of benzene rings is 4. The molecule has 4 aliphatic carbocycles. The third kappa shape index (κ3) is 8.99. The predicted octanol–water partition coefficient (Wildman–Crippen LogP) is -8.25. The van der Waals surface area contributed by atoms with Gasteiger partial charge in [-0.1, -0.05) is 48.5 Å². The first kappa shape index (κ1) is 48.9. The molecule has 0 unspecified atom stereocenters. The van der Waals surface area contributed by atoms with Crippen molar-refractivity contribution < 1.29 is 170 Å². The Kier molecular flexibility index (Phi) is 15.0. The zero-order valence-corrected chi connectivity index (χ0v) is 41.3. The van der Waals surface area contributed by atoms with E-state index < -0.39 is 81.7 Å². The smallest absolute Gasteiger partial charge is 0.744 e. The van der Waals surface area contributed by atoms with Crippen molar-refractivity contribution in [1.82, 2.24) is 0 Å². The molecule has 0 saturated heterocycles. The number of hydrogen-bond acceptors (Lipinski definition) is 12. The zero-order valence-electron chi connectivity index (χ0n) is 30.0. The molecule has 4 saturated carbocycles. The van der Waals surface area contributed by atoms with Gasteiger partial charge in [-0.15, -0.1) is 0 Å². The van der Waals surface area contributed by atoms with E-state index in [1.807, 2.05) is 0 Å². The predicted molar refractivity (Wildman–Crippen MR) is 172 cm³/mol. The third-order valence-electron chi connectivity index (χ3n) is 11.1. The second kappa shape index (κ2) is 16.5. The molecule has 264 valence electrons. The molecule has 54 heavy (non-hydrogen) atoms. The molecule has 4 fully saturated rings. The molecular formula is C34H28Na4O12S4. The summed E-state index contributed by atoms with van der Waals surface area (Å²) in [5.41, 5.74) is -0.0783. The van der Waals surface area contributed by atoms with Gasteiger partial charge in [0.2, 0.25) is 0 Å². The van der Waals surface area contributed by atoms with E-state index in [1.54, 1.807) is 48.5 Å². The molecular weight excluding hydrogens is 821 g/mol. The molecule has 0 atom stereocenters. The Morgan fingerprint density at radius 1 is 0.296 bits per heavy atom.